The van der Waals surface area contributed by atoms with Crippen LogP contribution >= 0.6 is 11.8 Å². The van der Waals surface area contributed by atoms with E-state index in [2.05, 4.69) is 6.92 Å². The summed E-state index contributed by atoms with van der Waals surface area (Å²) < 4.78 is 0. The maximum absolute atomic E-state index is 11.5. The summed E-state index contributed by atoms with van der Waals surface area (Å²) in [5.41, 5.74) is 0. The fourth-order valence-electron chi connectivity index (χ4n) is 1.58. The lowest BCUT2D eigenvalue weighted by atomic mass is 10.1. The number of hydrogen-bond acceptors (Lipinski definition) is 2. The van der Waals surface area contributed by atoms with E-state index in [4.69, 9.17) is 0 Å². The van der Waals surface area contributed by atoms with E-state index in [1.165, 1.54) is 31.0 Å². The molecule has 0 aromatic heterocycles. The summed E-state index contributed by atoms with van der Waals surface area (Å²) in [6.45, 7) is 5.14. The summed E-state index contributed by atoms with van der Waals surface area (Å²) in [5.74, 6) is 0.891. The van der Waals surface area contributed by atoms with Crippen LogP contribution in [0.2, 0.25) is 0 Å². The van der Waals surface area contributed by atoms with Gasteiger partial charge in [0, 0.05) is 12.6 Å². The second-order valence-corrected chi connectivity index (χ2v) is 4.45. The maximum Gasteiger partial charge on any atom is 0.281 e. The minimum atomic E-state index is 0.268. The van der Waals surface area contributed by atoms with E-state index in [-0.39, 0.29) is 5.24 Å². The smallest absolute Gasteiger partial charge is 0.281 e. The van der Waals surface area contributed by atoms with E-state index in [9.17, 15) is 4.79 Å². The molecule has 0 aromatic rings. The number of amides is 1. The second kappa shape index (κ2) is 4.75. The molecule has 1 rings (SSSR count). The first-order chi connectivity index (χ1) is 5.75. The Morgan fingerprint density at radius 3 is 2.92 bits per heavy atom. The zero-order valence-corrected chi connectivity index (χ0v) is 8.69. The first-order valence-corrected chi connectivity index (χ1v) is 5.67. The lowest BCUT2D eigenvalue weighted by Crippen LogP contribution is -2.39. The molecule has 0 bridgehead atoms. The van der Waals surface area contributed by atoms with Crippen molar-refractivity contribution in [2.75, 3.05) is 12.3 Å². The van der Waals surface area contributed by atoms with Crippen LogP contribution < -0.4 is 0 Å². The summed E-state index contributed by atoms with van der Waals surface area (Å²) in [7, 11) is 0. The van der Waals surface area contributed by atoms with Gasteiger partial charge in [0.1, 0.15) is 0 Å². The lowest BCUT2D eigenvalue weighted by Gasteiger charge is -2.32. The van der Waals surface area contributed by atoms with Crippen molar-refractivity contribution in [3.05, 3.63) is 0 Å². The van der Waals surface area contributed by atoms with E-state index in [1.807, 2.05) is 11.8 Å². The quantitative estimate of drug-likeness (QED) is 0.629. The monoisotopic (exact) mass is 187 g/mol. The average Bonchev–Trinajstić information content (AvgIpc) is 2.05. The van der Waals surface area contributed by atoms with Gasteiger partial charge in [0.15, 0.2) is 0 Å². The van der Waals surface area contributed by atoms with Crippen molar-refractivity contribution in [3.8, 4) is 0 Å². The Morgan fingerprint density at radius 1 is 1.58 bits per heavy atom. The van der Waals surface area contributed by atoms with Crippen molar-refractivity contribution >= 4 is 17.0 Å². The van der Waals surface area contributed by atoms with Crippen LogP contribution in [0, 0.1) is 0 Å². The van der Waals surface area contributed by atoms with Crippen molar-refractivity contribution < 1.29 is 4.79 Å². The zero-order valence-electron chi connectivity index (χ0n) is 7.88. The van der Waals surface area contributed by atoms with E-state index < -0.39 is 0 Å². The molecule has 0 saturated carbocycles. The van der Waals surface area contributed by atoms with E-state index in [1.54, 1.807) is 0 Å². The van der Waals surface area contributed by atoms with Crippen LogP contribution in [0.15, 0.2) is 0 Å². The highest BCUT2D eigenvalue weighted by atomic mass is 32.2. The van der Waals surface area contributed by atoms with Gasteiger partial charge in [0.05, 0.1) is 0 Å². The van der Waals surface area contributed by atoms with Gasteiger partial charge in [0.25, 0.3) is 5.24 Å². The van der Waals surface area contributed by atoms with E-state index in [0.29, 0.717) is 6.04 Å². The molecule has 12 heavy (non-hydrogen) atoms. The molecule has 2 nitrogen and oxygen atoms in total. The highest BCUT2D eigenvalue weighted by Gasteiger charge is 2.22. The van der Waals surface area contributed by atoms with Crippen molar-refractivity contribution in [1.29, 1.82) is 0 Å². The minimum absolute atomic E-state index is 0.268. The maximum atomic E-state index is 11.5. The minimum Gasteiger partial charge on any atom is -0.331 e. The number of likely N-dealkylation sites (tertiary alicyclic amines) is 1. The third-order valence-corrected chi connectivity index (χ3v) is 3.08. The van der Waals surface area contributed by atoms with Crippen molar-refractivity contribution in [3.63, 3.8) is 0 Å². The molecule has 1 heterocycles. The molecule has 1 aliphatic heterocycles. The molecular formula is C9H17NOS. The standard InChI is InChI=1S/C9H17NOS/c1-3-12-9(11)10-7-5-4-6-8(10)2/h8H,3-7H2,1-2H3. The molecular weight excluding hydrogens is 170 g/mol. The largest absolute Gasteiger partial charge is 0.331 e. The van der Waals surface area contributed by atoms with Gasteiger partial charge in [-0.1, -0.05) is 18.7 Å². The Bertz CT molecular complexity index is 161. The van der Waals surface area contributed by atoms with Crippen LogP contribution in [0.25, 0.3) is 0 Å². The summed E-state index contributed by atoms with van der Waals surface area (Å²) in [6.07, 6.45) is 3.64. The Labute approximate surface area is 78.7 Å². The summed E-state index contributed by atoms with van der Waals surface area (Å²) >= 11 is 1.43. The molecule has 0 N–H and O–H groups in total. The molecule has 1 atom stereocenters. The van der Waals surface area contributed by atoms with Crippen LogP contribution in [0.1, 0.15) is 33.1 Å². The fraction of sp³-hybridized carbons (Fsp3) is 0.889. The van der Waals surface area contributed by atoms with Gasteiger partial charge in [-0.2, -0.15) is 0 Å². The van der Waals surface area contributed by atoms with Gasteiger partial charge in [0.2, 0.25) is 0 Å². The molecule has 1 amide bonds. The van der Waals surface area contributed by atoms with E-state index >= 15 is 0 Å². The molecule has 0 radical (unpaired) electrons. The number of hydrogen-bond donors (Lipinski definition) is 0. The molecule has 1 unspecified atom stereocenters. The third-order valence-electron chi connectivity index (χ3n) is 2.31. The van der Waals surface area contributed by atoms with E-state index in [0.717, 1.165) is 12.3 Å². The molecule has 70 valence electrons. The number of thioether (sulfide) groups is 1. The zero-order chi connectivity index (χ0) is 8.97. The van der Waals surface area contributed by atoms with Gasteiger partial charge < -0.3 is 4.90 Å². The molecule has 0 aliphatic carbocycles. The number of carbonyl (C=O) groups excluding carboxylic acids is 1. The Kier molecular flexibility index (Phi) is 3.92. The second-order valence-electron chi connectivity index (χ2n) is 3.24. The molecule has 0 spiro atoms. The van der Waals surface area contributed by atoms with Gasteiger partial charge in [-0.3, -0.25) is 4.79 Å². The first kappa shape index (κ1) is 9.90. The van der Waals surface area contributed by atoms with Gasteiger partial charge >= 0.3 is 0 Å². The average molecular weight is 187 g/mol. The normalized spacial score (nSPS) is 24.2. The van der Waals surface area contributed by atoms with Crippen molar-refractivity contribution in [1.82, 2.24) is 4.90 Å². The fourth-order valence-corrected chi connectivity index (χ4v) is 2.26. The highest BCUT2D eigenvalue weighted by Crippen LogP contribution is 2.20. The highest BCUT2D eigenvalue weighted by molar-refractivity contribution is 8.13. The molecule has 1 fully saturated rings. The number of piperidine rings is 1. The SMILES string of the molecule is CCSC(=O)N1CCCCC1C. The summed E-state index contributed by atoms with van der Waals surface area (Å²) in [4.78, 5) is 13.5. The molecule has 1 aliphatic rings. The van der Waals surface area contributed by atoms with Crippen molar-refractivity contribution in [2.45, 2.75) is 39.2 Å². The number of nitrogens with zero attached hydrogens (tertiary/aromatic N) is 1. The number of carbonyl (C=O) groups is 1. The Morgan fingerprint density at radius 2 is 2.33 bits per heavy atom. The Balaban J connectivity index is 2.42. The van der Waals surface area contributed by atoms with Gasteiger partial charge in [-0.25, -0.2) is 0 Å². The first-order valence-electron chi connectivity index (χ1n) is 4.69. The molecule has 1 saturated heterocycles. The Hall–Kier alpha value is -0.180. The van der Waals surface area contributed by atoms with Gasteiger partial charge in [-0.05, 0) is 31.9 Å². The summed E-state index contributed by atoms with van der Waals surface area (Å²) in [5, 5.41) is 0.268. The predicted octanol–water partition coefficient (Wildman–Crippen LogP) is 2.73. The topological polar surface area (TPSA) is 20.3 Å². The van der Waals surface area contributed by atoms with Crippen molar-refractivity contribution in [2.24, 2.45) is 0 Å². The van der Waals surface area contributed by atoms with Crippen LogP contribution in [-0.4, -0.2) is 28.5 Å². The molecule has 0 aromatic carbocycles. The third kappa shape index (κ3) is 2.41. The lowest BCUT2D eigenvalue weighted by molar-refractivity contribution is 0.181. The van der Waals surface area contributed by atoms with Crippen LogP contribution in [0.3, 0.4) is 0 Å². The van der Waals surface area contributed by atoms with Crippen LogP contribution in [-0.2, 0) is 0 Å². The van der Waals surface area contributed by atoms with Crippen LogP contribution in [0.4, 0.5) is 4.79 Å². The number of rotatable bonds is 1. The molecule has 3 heteroatoms. The van der Waals surface area contributed by atoms with Crippen LogP contribution in [0.5, 0.6) is 0 Å². The predicted molar refractivity (Wildman–Crippen MR) is 53.5 cm³/mol. The van der Waals surface area contributed by atoms with Gasteiger partial charge in [-0.15, -0.1) is 0 Å². The summed E-state index contributed by atoms with van der Waals surface area (Å²) in [6, 6.07) is 0.463.